The Morgan fingerprint density at radius 3 is 2.64 bits per heavy atom. The Balaban J connectivity index is 1.44. The number of amides is 1. The number of benzene rings is 1. The largest absolute Gasteiger partial charge is 0.474 e. The van der Waals surface area contributed by atoms with Gasteiger partial charge in [-0.2, -0.15) is 13.2 Å². The second-order valence-electron chi connectivity index (χ2n) is 9.24. The lowest BCUT2D eigenvalue weighted by Crippen LogP contribution is -2.51. The number of hydrogen-bond donors (Lipinski definition) is 1. The van der Waals surface area contributed by atoms with Gasteiger partial charge >= 0.3 is 6.18 Å². The van der Waals surface area contributed by atoms with Crippen LogP contribution in [0.2, 0.25) is 0 Å². The van der Waals surface area contributed by atoms with E-state index >= 15 is 0 Å². The molecule has 2 aromatic heterocycles. The van der Waals surface area contributed by atoms with Crippen LogP contribution in [-0.4, -0.2) is 45.1 Å². The normalized spacial score (nSPS) is 22.3. The van der Waals surface area contributed by atoms with Crippen molar-refractivity contribution in [2.24, 2.45) is 5.92 Å². The van der Waals surface area contributed by atoms with Crippen LogP contribution in [0, 0.1) is 12.8 Å². The van der Waals surface area contributed by atoms with Crippen LogP contribution in [0.25, 0.3) is 10.6 Å². The fourth-order valence-electron chi connectivity index (χ4n) is 4.79. The molecule has 3 aliphatic heterocycles. The fourth-order valence-corrected chi connectivity index (χ4v) is 5.62. The Hall–Kier alpha value is -3.05. The second-order valence-corrected chi connectivity index (χ2v) is 10.5. The average molecular weight is 518 g/mol. The summed E-state index contributed by atoms with van der Waals surface area (Å²) in [6.07, 6.45) is 1.35. The van der Waals surface area contributed by atoms with Gasteiger partial charge in [0.05, 0.1) is 22.9 Å². The molecule has 6 rings (SSSR count). The van der Waals surface area contributed by atoms with Gasteiger partial charge in [-0.3, -0.25) is 9.69 Å². The minimum Gasteiger partial charge on any atom is -0.474 e. The molecule has 0 aliphatic carbocycles. The number of nitrogens with one attached hydrogen (secondary N) is 1. The number of aryl methyl sites for hydroxylation is 1. The topological polar surface area (TPSA) is 80.2 Å². The molecule has 3 aliphatic rings. The molecule has 1 N–H and O–H groups in total. The summed E-state index contributed by atoms with van der Waals surface area (Å²) in [4.78, 5) is 28.1. The number of fused-ring (bicyclic) bond motifs is 3. The van der Waals surface area contributed by atoms with Gasteiger partial charge in [0.25, 0.3) is 5.91 Å². The van der Waals surface area contributed by atoms with E-state index in [-0.39, 0.29) is 11.9 Å². The van der Waals surface area contributed by atoms with Gasteiger partial charge in [-0.25, -0.2) is 15.0 Å². The van der Waals surface area contributed by atoms with Crippen LogP contribution in [0.4, 0.5) is 13.2 Å². The van der Waals surface area contributed by atoms with E-state index < -0.39 is 23.9 Å². The van der Waals surface area contributed by atoms with Crippen LogP contribution >= 0.6 is 11.3 Å². The molecule has 7 nitrogen and oxygen atoms in total. The number of thiazole rings is 1. The maximum Gasteiger partial charge on any atom is 0.451 e. The Labute approximate surface area is 210 Å². The SMILES string of the molecule is Cc1cnc(-c2c(OC3CC4CCN3CC4)cccc2C(=O)N[C@H](C)c2ccnc(C(F)(F)F)n2)s1. The number of piperidine rings is 3. The number of carbonyl (C=O) groups is 1. The summed E-state index contributed by atoms with van der Waals surface area (Å²) in [7, 11) is 0. The van der Waals surface area contributed by atoms with Crippen LogP contribution in [0.5, 0.6) is 5.75 Å². The molecular weight excluding hydrogens is 491 g/mol. The lowest BCUT2D eigenvalue weighted by atomic mass is 9.87. The number of rotatable bonds is 6. The molecule has 0 saturated carbocycles. The average Bonchev–Trinajstić information content (AvgIpc) is 3.30. The summed E-state index contributed by atoms with van der Waals surface area (Å²) in [5.41, 5.74) is 0.993. The highest BCUT2D eigenvalue weighted by molar-refractivity contribution is 7.15. The van der Waals surface area contributed by atoms with Gasteiger partial charge < -0.3 is 10.1 Å². The highest BCUT2D eigenvalue weighted by atomic mass is 32.1. The van der Waals surface area contributed by atoms with Crippen molar-refractivity contribution in [1.29, 1.82) is 0 Å². The zero-order valence-electron chi connectivity index (χ0n) is 19.9. The van der Waals surface area contributed by atoms with Gasteiger partial charge in [0.1, 0.15) is 10.8 Å². The molecule has 1 unspecified atom stereocenters. The highest BCUT2D eigenvalue weighted by Crippen LogP contribution is 2.40. The molecule has 11 heteroatoms. The van der Waals surface area contributed by atoms with E-state index in [1.807, 2.05) is 13.0 Å². The molecule has 3 saturated heterocycles. The third-order valence-corrected chi connectivity index (χ3v) is 7.61. The lowest BCUT2D eigenvalue weighted by molar-refractivity contribution is -0.145. The van der Waals surface area contributed by atoms with E-state index in [0.717, 1.165) is 30.6 Å². The third kappa shape index (κ3) is 5.08. The summed E-state index contributed by atoms with van der Waals surface area (Å²) in [5, 5.41) is 3.43. The number of carbonyl (C=O) groups excluding carboxylic acids is 1. The Kier molecular flexibility index (Phi) is 6.69. The first-order valence-electron chi connectivity index (χ1n) is 11.9. The van der Waals surface area contributed by atoms with E-state index in [1.54, 1.807) is 25.3 Å². The van der Waals surface area contributed by atoms with Gasteiger partial charge in [-0.15, -0.1) is 11.3 Å². The van der Waals surface area contributed by atoms with Crippen LogP contribution in [0.1, 0.15) is 59.0 Å². The summed E-state index contributed by atoms with van der Waals surface area (Å²) < 4.78 is 45.7. The van der Waals surface area contributed by atoms with Crippen LogP contribution in [-0.2, 0) is 6.18 Å². The molecule has 3 fully saturated rings. The molecule has 0 radical (unpaired) electrons. The van der Waals surface area contributed by atoms with E-state index in [1.165, 1.54) is 30.2 Å². The number of nitrogens with zero attached hydrogens (tertiary/aromatic N) is 4. The predicted molar refractivity (Wildman–Crippen MR) is 129 cm³/mol. The van der Waals surface area contributed by atoms with E-state index in [0.29, 0.717) is 27.8 Å². The zero-order valence-corrected chi connectivity index (χ0v) is 20.7. The van der Waals surface area contributed by atoms with Crippen LogP contribution in [0.15, 0.2) is 36.7 Å². The predicted octanol–water partition coefficient (Wildman–Crippen LogP) is 5.24. The quantitative estimate of drug-likeness (QED) is 0.482. The number of halogens is 3. The van der Waals surface area contributed by atoms with Gasteiger partial charge in [-0.1, -0.05) is 6.07 Å². The van der Waals surface area contributed by atoms with Crippen molar-refractivity contribution in [1.82, 2.24) is 25.2 Å². The van der Waals surface area contributed by atoms with E-state index in [4.69, 9.17) is 4.74 Å². The first-order valence-corrected chi connectivity index (χ1v) is 12.7. The van der Waals surface area contributed by atoms with Crippen molar-refractivity contribution in [2.45, 2.75) is 51.6 Å². The van der Waals surface area contributed by atoms with Crippen molar-refractivity contribution >= 4 is 17.2 Å². The molecule has 5 heterocycles. The van der Waals surface area contributed by atoms with Crippen LogP contribution < -0.4 is 10.1 Å². The second kappa shape index (κ2) is 9.78. The molecule has 36 heavy (non-hydrogen) atoms. The summed E-state index contributed by atoms with van der Waals surface area (Å²) in [6, 6.07) is 5.85. The van der Waals surface area contributed by atoms with Gasteiger partial charge in [-0.05, 0) is 50.8 Å². The van der Waals surface area contributed by atoms with Crippen molar-refractivity contribution in [2.75, 3.05) is 13.1 Å². The number of alkyl halides is 3. The summed E-state index contributed by atoms with van der Waals surface area (Å²) >= 11 is 1.45. The monoisotopic (exact) mass is 517 g/mol. The Bertz CT molecular complexity index is 1260. The highest BCUT2D eigenvalue weighted by Gasteiger charge is 2.36. The zero-order chi connectivity index (χ0) is 25.4. The van der Waals surface area contributed by atoms with Crippen molar-refractivity contribution in [3.8, 4) is 16.3 Å². The third-order valence-electron chi connectivity index (χ3n) is 6.68. The van der Waals surface area contributed by atoms with Crippen molar-refractivity contribution in [3.63, 3.8) is 0 Å². The first-order chi connectivity index (χ1) is 17.2. The standard InChI is InChI=1S/C25H26F3N5O2S/c1-14-13-30-23(36-14)21-17(4-3-5-19(21)35-20-12-16-7-10-33(20)11-8-16)22(34)31-15(2)18-6-9-29-24(32-18)25(26,27)28/h3-6,9,13,15-16,20H,7-8,10-12H2,1-2H3,(H,31,34)/t15-,20?/m1/s1. The van der Waals surface area contributed by atoms with Gasteiger partial charge in [0.15, 0.2) is 6.23 Å². The van der Waals surface area contributed by atoms with Crippen molar-refractivity contribution < 1.29 is 22.7 Å². The first kappa shape index (κ1) is 24.6. The minimum atomic E-state index is -4.67. The summed E-state index contributed by atoms with van der Waals surface area (Å²) in [6.45, 7) is 5.51. The maximum atomic E-state index is 13.4. The maximum absolute atomic E-state index is 13.4. The fraction of sp³-hybridized carbons (Fsp3) is 0.440. The number of ether oxygens (including phenoxy) is 1. The summed E-state index contributed by atoms with van der Waals surface area (Å²) in [5.74, 6) is -0.475. The number of aromatic nitrogens is 3. The molecule has 1 aromatic carbocycles. The van der Waals surface area contributed by atoms with Crippen molar-refractivity contribution in [3.05, 3.63) is 58.6 Å². The van der Waals surface area contributed by atoms with Gasteiger partial charge in [0, 0.05) is 36.8 Å². The lowest BCUT2D eigenvalue weighted by Gasteiger charge is -2.45. The van der Waals surface area contributed by atoms with Crippen LogP contribution in [0.3, 0.4) is 0 Å². The molecule has 1 amide bonds. The van der Waals surface area contributed by atoms with E-state index in [9.17, 15) is 18.0 Å². The molecule has 0 spiro atoms. The Morgan fingerprint density at radius 2 is 2.00 bits per heavy atom. The smallest absolute Gasteiger partial charge is 0.451 e. The molecule has 2 atom stereocenters. The molecule has 3 aromatic rings. The molecule has 2 bridgehead atoms. The minimum absolute atomic E-state index is 0.0589. The van der Waals surface area contributed by atoms with Gasteiger partial charge in [0.2, 0.25) is 5.82 Å². The number of hydrogen-bond acceptors (Lipinski definition) is 7. The molecular formula is C25H26F3N5O2S. The van der Waals surface area contributed by atoms with E-state index in [2.05, 4.69) is 25.2 Å². The molecule has 190 valence electrons. The Morgan fingerprint density at radius 1 is 1.22 bits per heavy atom.